The second-order valence-electron chi connectivity index (χ2n) is 5.00. The van der Waals surface area contributed by atoms with Crippen LogP contribution in [0.25, 0.3) is 0 Å². The molecule has 0 unspecified atom stereocenters. The van der Waals surface area contributed by atoms with Gasteiger partial charge in [-0.1, -0.05) is 23.7 Å². The highest BCUT2D eigenvalue weighted by atomic mass is 35.5. The molecule has 2 N–H and O–H groups in total. The molecule has 0 aliphatic rings. The molecule has 0 aliphatic heterocycles. The summed E-state index contributed by atoms with van der Waals surface area (Å²) in [5.41, 5.74) is 1.80. The van der Waals surface area contributed by atoms with Crippen LogP contribution in [0.5, 0.6) is 0 Å². The first-order valence-electron chi connectivity index (χ1n) is 7.65. The third kappa shape index (κ3) is 5.28. The fraction of sp³-hybridized carbons (Fsp3) is 0.222. The van der Waals surface area contributed by atoms with Crippen molar-refractivity contribution < 1.29 is 14.3 Å². The van der Waals surface area contributed by atoms with Gasteiger partial charge in [0.25, 0.3) is 0 Å². The first kappa shape index (κ1) is 17.8. The van der Waals surface area contributed by atoms with E-state index in [9.17, 15) is 9.59 Å². The van der Waals surface area contributed by atoms with Crippen molar-refractivity contribution in [3.05, 3.63) is 59.1 Å². The van der Waals surface area contributed by atoms with Crippen LogP contribution in [0.15, 0.2) is 48.5 Å². The van der Waals surface area contributed by atoms with Crippen molar-refractivity contribution in [1.29, 1.82) is 0 Å². The van der Waals surface area contributed by atoms with Crippen LogP contribution in [-0.4, -0.2) is 25.0 Å². The second-order valence-corrected chi connectivity index (χ2v) is 5.43. The molecule has 0 bridgehead atoms. The Morgan fingerprint density at radius 3 is 2.50 bits per heavy atom. The molecule has 2 rings (SSSR count). The van der Waals surface area contributed by atoms with Gasteiger partial charge in [-0.25, -0.2) is 4.79 Å². The Kier molecular flexibility index (Phi) is 6.63. The minimum absolute atomic E-state index is 0.126. The quantitative estimate of drug-likeness (QED) is 0.745. The third-order valence-corrected chi connectivity index (χ3v) is 3.47. The van der Waals surface area contributed by atoms with E-state index in [4.69, 9.17) is 16.3 Å². The molecule has 5 nitrogen and oxygen atoms in total. The maximum Gasteiger partial charge on any atom is 0.340 e. The molecule has 126 valence electrons. The monoisotopic (exact) mass is 346 g/mol. The first-order chi connectivity index (χ1) is 11.6. The number of hydrogen-bond donors (Lipinski definition) is 2. The maximum atomic E-state index is 11.9. The lowest BCUT2D eigenvalue weighted by atomic mass is 10.1. The standard InChI is InChI=1S/C18H19ClN2O3/c1-2-24-18(23)15-5-3-4-6-16(15)20-12-11-17(22)21-14-9-7-13(19)8-10-14/h3-10,20H,2,11-12H2,1H3,(H,21,22). The molecule has 6 heteroatoms. The van der Waals surface area contributed by atoms with E-state index in [0.717, 1.165) is 0 Å². The van der Waals surface area contributed by atoms with E-state index < -0.39 is 0 Å². The summed E-state index contributed by atoms with van der Waals surface area (Å²) in [6.07, 6.45) is 0.264. The van der Waals surface area contributed by atoms with Crippen LogP contribution in [0.3, 0.4) is 0 Å². The van der Waals surface area contributed by atoms with Crippen molar-refractivity contribution in [3.63, 3.8) is 0 Å². The highest BCUT2D eigenvalue weighted by Crippen LogP contribution is 2.17. The second kappa shape index (κ2) is 8.93. The Labute approximate surface area is 146 Å². The summed E-state index contributed by atoms with van der Waals surface area (Å²) in [4.78, 5) is 23.8. The molecule has 2 aromatic carbocycles. The van der Waals surface area contributed by atoms with Crippen LogP contribution >= 0.6 is 11.6 Å². The van der Waals surface area contributed by atoms with Gasteiger partial charge in [0.1, 0.15) is 0 Å². The van der Waals surface area contributed by atoms with Crippen molar-refractivity contribution in [2.75, 3.05) is 23.8 Å². The normalized spacial score (nSPS) is 10.1. The molecule has 1 amide bonds. The molecular weight excluding hydrogens is 328 g/mol. The minimum atomic E-state index is -0.383. The van der Waals surface area contributed by atoms with Crippen molar-refractivity contribution >= 4 is 34.9 Å². The van der Waals surface area contributed by atoms with Gasteiger partial charge in [-0.15, -0.1) is 0 Å². The molecule has 24 heavy (non-hydrogen) atoms. The summed E-state index contributed by atoms with van der Waals surface area (Å²) in [6, 6.07) is 14.0. The summed E-state index contributed by atoms with van der Waals surface area (Å²) in [7, 11) is 0. The largest absolute Gasteiger partial charge is 0.462 e. The minimum Gasteiger partial charge on any atom is -0.462 e. The number of ether oxygens (including phenoxy) is 1. The Morgan fingerprint density at radius 1 is 1.08 bits per heavy atom. The molecule has 0 saturated carbocycles. The number of rotatable bonds is 7. The number of halogens is 1. The van der Waals surface area contributed by atoms with Crippen LogP contribution in [0, 0.1) is 0 Å². The van der Waals surface area contributed by atoms with Crippen LogP contribution in [-0.2, 0) is 9.53 Å². The summed E-state index contributed by atoms with van der Waals surface area (Å²) in [5, 5.41) is 6.50. The van der Waals surface area contributed by atoms with E-state index >= 15 is 0 Å². The predicted octanol–water partition coefficient (Wildman–Crippen LogP) is 3.96. The lowest BCUT2D eigenvalue weighted by molar-refractivity contribution is -0.115. The smallest absolute Gasteiger partial charge is 0.340 e. The van der Waals surface area contributed by atoms with Gasteiger partial charge in [0, 0.05) is 29.4 Å². The summed E-state index contributed by atoms with van der Waals surface area (Å²) in [5.74, 6) is -0.510. The summed E-state index contributed by atoms with van der Waals surface area (Å²) in [6.45, 7) is 2.47. The lowest BCUT2D eigenvalue weighted by Crippen LogP contribution is -2.17. The number of carbonyl (C=O) groups excluding carboxylic acids is 2. The van der Waals surface area contributed by atoms with Gasteiger partial charge >= 0.3 is 5.97 Å². The summed E-state index contributed by atoms with van der Waals surface area (Å²) < 4.78 is 5.02. The van der Waals surface area contributed by atoms with E-state index in [2.05, 4.69) is 10.6 Å². The highest BCUT2D eigenvalue weighted by Gasteiger charge is 2.11. The Hall–Kier alpha value is -2.53. The maximum absolute atomic E-state index is 11.9. The zero-order chi connectivity index (χ0) is 17.4. The van der Waals surface area contributed by atoms with E-state index in [1.165, 1.54) is 0 Å². The molecule has 0 saturated heterocycles. The zero-order valence-electron chi connectivity index (χ0n) is 13.3. The van der Waals surface area contributed by atoms with Crippen molar-refractivity contribution in [2.24, 2.45) is 0 Å². The van der Waals surface area contributed by atoms with Crippen molar-refractivity contribution in [2.45, 2.75) is 13.3 Å². The number of esters is 1. The zero-order valence-corrected chi connectivity index (χ0v) is 14.1. The molecular formula is C18H19ClN2O3. The van der Waals surface area contributed by atoms with Gasteiger partial charge in [0.05, 0.1) is 12.2 Å². The van der Waals surface area contributed by atoms with E-state index in [1.807, 2.05) is 6.07 Å². The number of benzene rings is 2. The van der Waals surface area contributed by atoms with Crippen LogP contribution in [0.4, 0.5) is 11.4 Å². The van der Waals surface area contributed by atoms with Crippen LogP contribution < -0.4 is 10.6 Å². The number of hydrogen-bond acceptors (Lipinski definition) is 4. The van der Waals surface area contributed by atoms with Gasteiger partial charge in [-0.05, 0) is 43.3 Å². The number of carbonyl (C=O) groups is 2. The van der Waals surface area contributed by atoms with E-state index in [0.29, 0.717) is 35.1 Å². The number of anilines is 2. The molecule has 0 aromatic heterocycles. The number of nitrogens with one attached hydrogen (secondary N) is 2. The third-order valence-electron chi connectivity index (χ3n) is 3.22. The SMILES string of the molecule is CCOC(=O)c1ccccc1NCCC(=O)Nc1ccc(Cl)cc1. The molecule has 0 aliphatic carbocycles. The molecule has 2 aromatic rings. The Balaban J connectivity index is 1.86. The Morgan fingerprint density at radius 2 is 1.79 bits per heavy atom. The van der Waals surface area contributed by atoms with Gasteiger partial charge in [-0.3, -0.25) is 4.79 Å². The molecule has 0 radical (unpaired) electrons. The fourth-order valence-electron chi connectivity index (χ4n) is 2.09. The van der Waals surface area contributed by atoms with Crippen LogP contribution in [0.2, 0.25) is 5.02 Å². The summed E-state index contributed by atoms with van der Waals surface area (Å²) >= 11 is 5.80. The lowest BCUT2D eigenvalue weighted by Gasteiger charge is -2.11. The highest BCUT2D eigenvalue weighted by molar-refractivity contribution is 6.30. The number of para-hydroxylation sites is 1. The van der Waals surface area contributed by atoms with Crippen LogP contribution in [0.1, 0.15) is 23.7 Å². The number of amides is 1. The Bertz CT molecular complexity index is 702. The van der Waals surface area contributed by atoms with Crippen molar-refractivity contribution in [3.8, 4) is 0 Å². The van der Waals surface area contributed by atoms with Gasteiger partial charge in [0.15, 0.2) is 0 Å². The topological polar surface area (TPSA) is 67.4 Å². The van der Waals surface area contributed by atoms with E-state index in [1.54, 1.807) is 49.4 Å². The molecule has 0 heterocycles. The molecule has 0 atom stereocenters. The van der Waals surface area contributed by atoms with E-state index in [-0.39, 0.29) is 18.3 Å². The fourth-order valence-corrected chi connectivity index (χ4v) is 2.22. The van der Waals surface area contributed by atoms with Gasteiger partial charge in [-0.2, -0.15) is 0 Å². The molecule has 0 fully saturated rings. The average Bonchev–Trinajstić information content (AvgIpc) is 2.57. The average molecular weight is 347 g/mol. The van der Waals surface area contributed by atoms with Crippen molar-refractivity contribution in [1.82, 2.24) is 0 Å². The van der Waals surface area contributed by atoms with Gasteiger partial charge in [0.2, 0.25) is 5.91 Å². The first-order valence-corrected chi connectivity index (χ1v) is 8.03. The molecule has 0 spiro atoms. The predicted molar refractivity (Wildman–Crippen MR) is 95.6 cm³/mol. The van der Waals surface area contributed by atoms with Gasteiger partial charge < -0.3 is 15.4 Å².